The lowest BCUT2D eigenvalue weighted by Crippen LogP contribution is -2.23. The van der Waals surface area contributed by atoms with Crippen LogP contribution in [0.25, 0.3) is 22.5 Å². The zero-order valence-electron chi connectivity index (χ0n) is 22.5. The maximum absolute atomic E-state index is 13.1. The molecule has 0 spiro atoms. The maximum Gasteiger partial charge on any atom is 0.316 e. The number of esters is 1. The largest absolute Gasteiger partial charge is 0.465 e. The average molecular weight is 520 g/mol. The van der Waals surface area contributed by atoms with Gasteiger partial charge in [-0.25, -0.2) is 0 Å². The van der Waals surface area contributed by atoms with Crippen LogP contribution in [0.1, 0.15) is 54.1 Å². The van der Waals surface area contributed by atoms with Crippen molar-refractivity contribution in [3.63, 3.8) is 0 Å². The lowest BCUT2D eigenvalue weighted by Gasteiger charge is -2.14. The van der Waals surface area contributed by atoms with Gasteiger partial charge < -0.3 is 9.26 Å². The number of ether oxygens (including phenoxy) is 1. The van der Waals surface area contributed by atoms with Crippen LogP contribution in [0.5, 0.6) is 0 Å². The van der Waals surface area contributed by atoms with Crippen molar-refractivity contribution in [1.82, 2.24) is 5.16 Å². The van der Waals surface area contributed by atoms with Gasteiger partial charge in [-0.15, -0.1) is 0 Å². The second-order valence-corrected chi connectivity index (χ2v) is 11.0. The fourth-order valence-electron chi connectivity index (χ4n) is 6.01. The van der Waals surface area contributed by atoms with Crippen LogP contribution in [0.2, 0.25) is 0 Å². The fraction of sp³-hybridized carbons (Fsp3) is 0.324. The molecule has 0 N–H and O–H groups in total. The van der Waals surface area contributed by atoms with Gasteiger partial charge in [0.25, 0.3) is 0 Å². The van der Waals surface area contributed by atoms with Crippen molar-refractivity contribution in [3.05, 3.63) is 101 Å². The number of fused-ring (bicyclic) bond motifs is 1. The van der Waals surface area contributed by atoms with Crippen LogP contribution in [0, 0.1) is 12.8 Å². The highest BCUT2D eigenvalue weighted by Crippen LogP contribution is 2.49. The number of nitrogens with zero attached hydrogens (tertiary/aromatic N) is 1. The van der Waals surface area contributed by atoms with Crippen molar-refractivity contribution in [3.8, 4) is 22.5 Å². The molecular weight excluding hydrogens is 486 g/mol. The zero-order chi connectivity index (χ0) is 27.0. The highest BCUT2D eigenvalue weighted by atomic mass is 16.5. The summed E-state index contributed by atoms with van der Waals surface area (Å²) in [5.74, 6) is 1.15. The van der Waals surface area contributed by atoms with E-state index < -0.39 is 5.41 Å². The third kappa shape index (κ3) is 4.94. The Kier molecular flexibility index (Phi) is 6.68. The maximum atomic E-state index is 13.1. The summed E-state index contributed by atoms with van der Waals surface area (Å²) in [6, 6.07) is 24.9. The molecule has 1 aromatic heterocycles. The van der Waals surface area contributed by atoms with Gasteiger partial charge in [0, 0.05) is 24.0 Å². The molecular formula is C34H33NO4. The minimum atomic E-state index is -0.460. The van der Waals surface area contributed by atoms with Gasteiger partial charge in [-0.1, -0.05) is 78.0 Å². The van der Waals surface area contributed by atoms with Crippen LogP contribution in [-0.4, -0.2) is 23.5 Å². The minimum absolute atomic E-state index is 0.118. The first kappa shape index (κ1) is 25.3. The Morgan fingerprint density at radius 3 is 2.08 bits per heavy atom. The molecule has 0 saturated heterocycles. The number of hydrogen-bond donors (Lipinski definition) is 0. The summed E-state index contributed by atoms with van der Waals surface area (Å²) in [5, 5.41) is 4.19. The van der Waals surface area contributed by atoms with E-state index in [-0.39, 0.29) is 11.8 Å². The molecule has 0 aliphatic heterocycles. The molecule has 1 fully saturated rings. The molecule has 198 valence electrons. The molecule has 1 saturated carbocycles. The normalized spacial score (nSPS) is 15.6. The van der Waals surface area contributed by atoms with E-state index in [0.29, 0.717) is 31.1 Å². The second kappa shape index (κ2) is 10.3. The lowest BCUT2D eigenvalue weighted by molar-refractivity contribution is -0.146. The van der Waals surface area contributed by atoms with Crippen molar-refractivity contribution < 1.29 is 18.8 Å². The van der Waals surface area contributed by atoms with E-state index in [4.69, 9.17) is 9.26 Å². The summed E-state index contributed by atoms with van der Waals surface area (Å²) < 4.78 is 11.0. The molecule has 5 nitrogen and oxygen atoms in total. The number of carbonyl (C=O) groups excluding carboxylic acids is 2. The zero-order valence-corrected chi connectivity index (χ0v) is 22.5. The van der Waals surface area contributed by atoms with Crippen LogP contribution in [0.15, 0.2) is 77.3 Å². The van der Waals surface area contributed by atoms with E-state index in [1.165, 1.54) is 11.1 Å². The van der Waals surface area contributed by atoms with Gasteiger partial charge in [0.15, 0.2) is 5.76 Å². The molecule has 3 aromatic carbocycles. The Labute approximate surface area is 229 Å². The van der Waals surface area contributed by atoms with Crippen LogP contribution in [0.3, 0.4) is 0 Å². The minimum Gasteiger partial charge on any atom is -0.465 e. The number of Topliss-reactive ketones (excluding diaryl/α,β-unsaturated/α-hetero) is 1. The first-order chi connectivity index (χ1) is 19.0. The van der Waals surface area contributed by atoms with Crippen molar-refractivity contribution in [2.75, 3.05) is 6.61 Å². The van der Waals surface area contributed by atoms with Crippen LogP contribution < -0.4 is 0 Å². The van der Waals surface area contributed by atoms with E-state index in [1.54, 1.807) is 0 Å². The number of aromatic nitrogens is 1. The van der Waals surface area contributed by atoms with Gasteiger partial charge in [-0.2, -0.15) is 0 Å². The highest BCUT2D eigenvalue weighted by Gasteiger charge is 2.52. The van der Waals surface area contributed by atoms with Crippen LogP contribution in [0.4, 0.5) is 0 Å². The topological polar surface area (TPSA) is 69.4 Å². The third-order valence-electron chi connectivity index (χ3n) is 8.34. The first-order valence-corrected chi connectivity index (χ1v) is 13.9. The second-order valence-electron chi connectivity index (χ2n) is 11.0. The van der Waals surface area contributed by atoms with Gasteiger partial charge >= 0.3 is 5.97 Å². The van der Waals surface area contributed by atoms with Crippen molar-refractivity contribution in [1.29, 1.82) is 0 Å². The lowest BCUT2D eigenvalue weighted by atomic mass is 9.93. The van der Waals surface area contributed by atoms with Gasteiger partial charge in [0.2, 0.25) is 0 Å². The Hall–Kier alpha value is -3.99. The molecule has 1 heterocycles. The summed E-state index contributed by atoms with van der Waals surface area (Å²) in [6.07, 6.45) is 4.55. The number of rotatable bonds is 9. The molecule has 0 unspecified atom stereocenters. The molecule has 2 aliphatic rings. The summed E-state index contributed by atoms with van der Waals surface area (Å²) >= 11 is 0. The van der Waals surface area contributed by atoms with Crippen molar-refractivity contribution in [2.24, 2.45) is 5.92 Å². The highest BCUT2D eigenvalue weighted by molar-refractivity contribution is 5.87. The van der Waals surface area contributed by atoms with Crippen LogP contribution in [-0.2, 0) is 39.0 Å². The van der Waals surface area contributed by atoms with E-state index >= 15 is 0 Å². The molecule has 0 bridgehead atoms. The summed E-state index contributed by atoms with van der Waals surface area (Å²) in [5.41, 5.74) is 8.01. The van der Waals surface area contributed by atoms with E-state index in [2.05, 4.69) is 53.7 Å². The number of ketones is 1. The standard InChI is InChI=1S/C34H33NO4/c1-3-38-33(37)34(16-17-34)29-14-12-25(13-15-29)24-8-10-26(11-9-24)32-31(22(2)35-39-32)21-30(36)20-23-18-27-6-4-5-7-28(27)19-23/h4-15,23H,3,16-21H2,1-2H3. The smallest absolute Gasteiger partial charge is 0.316 e. The van der Waals surface area contributed by atoms with Gasteiger partial charge in [0.05, 0.1) is 17.7 Å². The molecule has 4 aromatic rings. The molecule has 6 rings (SSSR count). The van der Waals surface area contributed by atoms with E-state index in [9.17, 15) is 9.59 Å². The summed E-state index contributed by atoms with van der Waals surface area (Å²) in [6.45, 7) is 4.15. The monoisotopic (exact) mass is 519 g/mol. The van der Waals surface area contributed by atoms with Gasteiger partial charge in [-0.05, 0) is 73.3 Å². The Balaban J connectivity index is 1.14. The predicted molar refractivity (Wildman–Crippen MR) is 150 cm³/mol. The number of hydrogen-bond acceptors (Lipinski definition) is 5. The Morgan fingerprint density at radius 1 is 0.897 bits per heavy atom. The van der Waals surface area contributed by atoms with Crippen molar-refractivity contribution in [2.45, 2.75) is 57.8 Å². The Morgan fingerprint density at radius 2 is 1.49 bits per heavy atom. The predicted octanol–water partition coefficient (Wildman–Crippen LogP) is 6.83. The number of aryl methyl sites for hydroxylation is 1. The van der Waals surface area contributed by atoms with Crippen molar-refractivity contribution >= 4 is 11.8 Å². The Bertz CT molecular complexity index is 1480. The van der Waals surface area contributed by atoms with Crippen LogP contribution >= 0.6 is 0 Å². The molecule has 2 aliphatic carbocycles. The molecule has 5 heteroatoms. The molecule has 0 atom stereocenters. The number of benzene rings is 3. The molecule has 39 heavy (non-hydrogen) atoms. The van der Waals surface area contributed by atoms with E-state index in [1.807, 2.05) is 38.1 Å². The SMILES string of the molecule is CCOC(=O)C1(c2ccc(-c3ccc(-c4onc(C)c4CC(=O)CC4Cc5ccccc5C4)cc3)cc2)CC1. The number of carbonyl (C=O) groups is 2. The first-order valence-electron chi connectivity index (χ1n) is 13.9. The summed E-state index contributed by atoms with van der Waals surface area (Å²) in [7, 11) is 0. The third-order valence-corrected chi connectivity index (χ3v) is 8.34. The van der Waals surface area contributed by atoms with E-state index in [0.717, 1.165) is 59.2 Å². The fourth-order valence-corrected chi connectivity index (χ4v) is 6.01. The van der Waals surface area contributed by atoms with Gasteiger partial charge in [0.1, 0.15) is 5.78 Å². The summed E-state index contributed by atoms with van der Waals surface area (Å²) in [4.78, 5) is 25.5. The van der Waals surface area contributed by atoms with Gasteiger partial charge in [-0.3, -0.25) is 9.59 Å². The quantitative estimate of drug-likeness (QED) is 0.227. The molecule has 0 amide bonds. The average Bonchev–Trinajstić information content (AvgIpc) is 3.55. The molecule has 0 radical (unpaired) electrons.